The molecular formula is C13H16N4. The number of hydrogen-bond donors (Lipinski definition) is 2. The highest BCUT2D eigenvalue weighted by atomic mass is 15.0. The molecule has 4 heteroatoms. The largest absolute Gasteiger partial charge is 0.373 e. The molecule has 88 valence electrons. The van der Waals surface area contributed by atoms with E-state index >= 15 is 0 Å². The molecule has 2 rings (SSSR count). The Morgan fingerprint density at radius 3 is 2.76 bits per heavy atom. The van der Waals surface area contributed by atoms with Gasteiger partial charge in [0.1, 0.15) is 11.6 Å². The van der Waals surface area contributed by atoms with Crippen LogP contribution in [0, 0.1) is 6.92 Å². The van der Waals surface area contributed by atoms with Crippen LogP contribution in [0.3, 0.4) is 0 Å². The van der Waals surface area contributed by atoms with E-state index in [1.165, 1.54) is 11.1 Å². The van der Waals surface area contributed by atoms with Gasteiger partial charge in [0.15, 0.2) is 0 Å². The van der Waals surface area contributed by atoms with Crippen molar-refractivity contribution >= 4 is 11.6 Å². The van der Waals surface area contributed by atoms with Crippen LogP contribution in [-0.4, -0.2) is 17.0 Å². The molecule has 0 amide bonds. The molecule has 2 aromatic heterocycles. The Balaban J connectivity index is 2.05. The number of aryl methyl sites for hydroxylation is 1. The highest BCUT2D eigenvalue weighted by molar-refractivity contribution is 5.45. The SMILES string of the molecule is CNc1cccc(NCc2cnccc2C)n1. The summed E-state index contributed by atoms with van der Waals surface area (Å²) in [5.74, 6) is 1.72. The van der Waals surface area contributed by atoms with Crippen molar-refractivity contribution in [2.24, 2.45) is 0 Å². The fraction of sp³-hybridized carbons (Fsp3) is 0.231. The Morgan fingerprint density at radius 1 is 1.18 bits per heavy atom. The normalized spacial score (nSPS) is 10.0. The van der Waals surface area contributed by atoms with Gasteiger partial charge in [-0.05, 0) is 36.2 Å². The molecular weight excluding hydrogens is 212 g/mol. The van der Waals surface area contributed by atoms with Gasteiger partial charge in [0.05, 0.1) is 0 Å². The lowest BCUT2D eigenvalue weighted by atomic mass is 10.1. The molecule has 0 fully saturated rings. The zero-order valence-electron chi connectivity index (χ0n) is 10.1. The van der Waals surface area contributed by atoms with Gasteiger partial charge in [-0.25, -0.2) is 4.98 Å². The highest BCUT2D eigenvalue weighted by Crippen LogP contribution is 2.11. The summed E-state index contributed by atoms with van der Waals surface area (Å²) in [6.07, 6.45) is 3.68. The molecule has 0 aliphatic carbocycles. The zero-order chi connectivity index (χ0) is 12.1. The van der Waals surface area contributed by atoms with Crippen molar-refractivity contribution in [2.45, 2.75) is 13.5 Å². The van der Waals surface area contributed by atoms with Crippen LogP contribution in [0.4, 0.5) is 11.6 Å². The number of hydrogen-bond acceptors (Lipinski definition) is 4. The standard InChI is InChI=1S/C13H16N4/c1-10-6-7-15-8-11(10)9-16-13-5-3-4-12(14-2)17-13/h3-8H,9H2,1-2H3,(H2,14,16,17). The predicted octanol–water partition coefficient (Wildman–Crippen LogP) is 2.44. The minimum atomic E-state index is 0.736. The fourth-order valence-corrected chi connectivity index (χ4v) is 1.54. The zero-order valence-corrected chi connectivity index (χ0v) is 10.1. The molecule has 0 aliphatic heterocycles. The molecule has 0 radical (unpaired) electrons. The van der Waals surface area contributed by atoms with Gasteiger partial charge in [0.2, 0.25) is 0 Å². The molecule has 17 heavy (non-hydrogen) atoms. The van der Waals surface area contributed by atoms with Gasteiger partial charge in [-0.2, -0.15) is 0 Å². The maximum absolute atomic E-state index is 4.39. The second-order valence-electron chi connectivity index (χ2n) is 3.81. The summed E-state index contributed by atoms with van der Waals surface area (Å²) in [7, 11) is 1.86. The minimum Gasteiger partial charge on any atom is -0.373 e. The van der Waals surface area contributed by atoms with E-state index in [1.807, 2.05) is 37.5 Å². The summed E-state index contributed by atoms with van der Waals surface area (Å²) in [4.78, 5) is 8.51. The van der Waals surface area contributed by atoms with Crippen LogP contribution in [0.5, 0.6) is 0 Å². The predicted molar refractivity (Wildman–Crippen MR) is 70.1 cm³/mol. The Hall–Kier alpha value is -2.10. The lowest BCUT2D eigenvalue weighted by Gasteiger charge is -2.08. The average Bonchev–Trinajstić information content (AvgIpc) is 2.38. The first kappa shape index (κ1) is 11.4. The van der Waals surface area contributed by atoms with Crippen molar-refractivity contribution in [2.75, 3.05) is 17.7 Å². The Labute approximate surface area is 101 Å². The summed E-state index contributed by atoms with van der Waals surface area (Å²) in [6.45, 7) is 2.82. The molecule has 0 atom stereocenters. The van der Waals surface area contributed by atoms with Crippen molar-refractivity contribution in [1.82, 2.24) is 9.97 Å². The van der Waals surface area contributed by atoms with Crippen LogP contribution < -0.4 is 10.6 Å². The number of pyridine rings is 2. The number of nitrogens with zero attached hydrogens (tertiary/aromatic N) is 2. The van der Waals surface area contributed by atoms with Gasteiger partial charge in [0.25, 0.3) is 0 Å². The summed E-state index contributed by atoms with van der Waals surface area (Å²) in [5, 5.41) is 6.30. The lowest BCUT2D eigenvalue weighted by molar-refractivity contribution is 1.06. The second-order valence-corrected chi connectivity index (χ2v) is 3.81. The van der Waals surface area contributed by atoms with Gasteiger partial charge in [-0.15, -0.1) is 0 Å². The average molecular weight is 228 g/mol. The third-order valence-corrected chi connectivity index (χ3v) is 2.61. The molecule has 2 N–H and O–H groups in total. The smallest absolute Gasteiger partial charge is 0.128 e. The van der Waals surface area contributed by atoms with E-state index in [0.717, 1.165) is 18.2 Å². The maximum Gasteiger partial charge on any atom is 0.128 e. The molecule has 0 aliphatic rings. The first-order chi connectivity index (χ1) is 8.29. The Morgan fingerprint density at radius 2 is 2.00 bits per heavy atom. The summed E-state index contributed by atoms with van der Waals surface area (Å²) in [5.41, 5.74) is 2.42. The molecule has 0 unspecified atom stereocenters. The molecule has 0 aromatic carbocycles. The number of nitrogens with one attached hydrogen (secondary N) is 2. The van der Waals surface area contributed by atoms with E-state index in [0.29, 0.717) is 0 Å². The van der Waals surface area contributed by atoms with Crippen LogP contribution in [-0.2, 0) is 6.54 Å². The van der Waals surface area contributed by atoms with Crippen molar-refractivity contribution in [3.8, 4) is 0 Å². The number of aromatic nitrogens is 2. The first-order valence-corrected chi connectivity index (χ1v) is 5.58. The quantitative estimate of drug-likeness (QED) is 0.844. The minimum absolute atomic E-state index is 0.736. The number of rotatable bonds is 4. The molecule has 2 aromatic rings. The van der Waals surface area contributed by atoms with Gasteiger partial charge in [-0.1, -0.05) is 6.07 Å². The maximum atomic E-state index is 4.39. The Bertz CT molecular complexity index is 496. The van der Waals surface area contributed by atoms with Gasteiger partial charge in [0, 0.05) is 26.0 Å². The van der Waals surface area contributed by atoms with Crippen molar-refractivity contribution in [3.63, 3.8) is 0 Å². The van der Waals surface area contributed by atoms with Gasteiger partial charge < -0.3 is 10.6 Å². The van der Waals surface area contributed by atoms with Gasteiger partial charge in [-0.3, -0.25) is 4.98 Å². The van der Waals surface area contributed by atoms with Crippen LogP contribution in [0.15, 0.2) is 36.7 Å². The third-order valence-electron chi connectivity index (χ3n) is 2.61. The summed E-state index contributed by atoms with van der Waals surface area (Å²) < 4.78 is 0. The van der Waals surface area contributed by atoms with Crippen LogP contribution in [0.25, 0.3) is 0 Å². The van der Waals surface area contributed by atoms with Gasteiger partial charge >= 0.3 is 0 Å². The van der Waals surface area contributed by atoms with Crippen molar-refractivity contribution in [1.29, 1.82) is 0 Å². The molecule has 0 bridgehead atoms. The number of anilines is 2. The monoisotopic (exact) mass is 228 g/mol. The summed E-state index contributed by atoms with van der Waals surface area (Å²) in [6, 6.07) is 7.86. The van der Waals surface area contributed by atoms with E-state index in [1.54, 1.807) is 6.20 Å². The second kappa shape index (κ2) is 5.30. The van der Waals surface area contributed by atoms with Crippen LogP contribution in [0.2, 0.25) is 0 Å². The van der Waals surface area contributed by atoms with E-state index in [9.17, 15) is 0 Å². The van der Waals surface area contributed by atoms with Crippen LogP contribution >= 0.6 is 0 Å². The van der Waals surface area contributed by atoms with Crippen molar-refractivity contribution < 1.29 is 0 Å². The highest BCUT2D eigenvalue weighted by Gasteiger charge is 1.99. The van der Waals surface area contributed by atoms with Crippen LogP contribution in [0.1, 0.15) is 11.1 Å². The van der Waals surface area contributed by atoms with E-state index < -0.39 is 0 Å². The molecule has 0 spiro atoms. The summed E-state index contributed by atoms with van der Waals surface area (Å²) >= 11 is 0. The molecule has 2 heterocycles. The molecule has 4 nitrogen and oxygen atoms in total. The Kier molecular flexibility index (Phi) is 3.55. The van der Waals surface area contributed by atoms with E-state index in [2.05, 4.69) is 27.5 Å². The van der Waals surface area contributed by atoms with Crippen molar-refractivity contribution in [3.05, 3.63) is 47.8 Å². The topological polar surface area (TPSA) is 49.8 Å². The lowest BCUT2D eigenvalue weighted by Crippen LogP contribution is -2.04. The first-order valence-electron chi connectivity index (χ1n) is 5.58. The fourth-order valence-electron chi connectivity index (χ4n) is 1.54. The van der Waals surface area contributed by atoms with E-state index in [4.69, 9.17) is 0 Å². The third kappa shape index (κ3) is 2.93. The van der Waals surface area contributed by atoms with E-state index in [-0.39, 0.29) is 0 Å². The molecule has 0 saturated heterocycles. The molecule has 0 saturated carbocycles.